The van der Waals surface area contributed by atoms with E-state index in [2.05, 4.69) is 240 Å². The molecule has 318 valence electrons. The molecule has 5 nitrogen and oxygen atoms in total. The van der Waals surface area contributed by atoms with Gasteiger partial charge in [-0.05, 0) is 117 Å². The molecule has 0 spiro atoms. The van der Waals surface area contributed by atoms with E-state index in [1.165, 1.54) is 50.1 Å². The quantitative estimate of drug-likeness (QED) is 0.153. The van der Waals surface area contributed by atoms with Gasteiger partial charge in [-0.1, -0.05) is 146 Å². The molecule has 64 heavy (non-hydrogen) atoms. The second kappa shape index (κ2) is 15.6. The van der Waals surface area contributed by atoms with Crippen molar-refractivity contribution in [2.75, 3.05) is 16.5 Å². The first-order chi connectivity index (χ1) is 30.7. The minimum atomic E-state index is -0.217. The van der Waals surface area contributed by atoms with Crippen molar-refractivity contribution in [3.8, 4) is 28.4 Å². The first kappa shape index (κ1) is 40.9. The molecule has 0 fully saturated rings. The maximum Gasteiger partial charge on any atom is 0.137 e. The number of anilines is 4. The van der Waals surface area contributed by atoms with Gasteiger partial charge in [-0.3, -0.25) is 4.57 Å². The average Bonchev–Trinajstić information content (AvgIpc) is 3.85. The van der Waals surface area contributed by atoms with Crippen LogP contribution >= 0.6 is 0 Å². The Kier molecular flexibility index (Phi) is 9.98. The lowest BCUT2D eigenvalue weighted by Crippen LogP contribution is -2.24. The van der Waals surface area contributed by atoms with Gasteiger partial charge in [0.2, 0.25) is 0 Å². The molecule has 0 bridgehead atoms. The summed E-state index contributed by atoms with van der Waals surface area (Å²) in [6.45, 7) is 18.9. The Bertz CT molecular complexity index is 3170. The van der Waals surface area contributed by atoms with E-state index in [1.54, 1.807) is 0 Å². The molecule has 1 aliphatic heterocycles. The second-order valence-electron chi connectivity index (χ2n) is 19.9. The van der Waals surface area contributed by atoms with Gasteiger partial charge in [-0.15, -0.1) is 0 Å². The molecule has 0 saturated carbocycles. The lowest BCUT2D eigenvalue weighted by Gasteiger charge is -2.26. The van der Waals surface area contributed by atoms with Crippen LogP contribution in [0.3, 0.4) is 0 Å². The molecule has 3 heterocycles. The van der Waals surface area contributed by atoms with Crippen molar-refractivity contribution in [3.63, 3.8) is 0 Å². The molecule has 0 radical (unpaired) electrons. The number of aromatic nitrogens is 2. The highest BCUT2D eigenvalue weighted by Gasteiger charge is 2.30. The van der Waals surface area contributed by atoms with E-state index in [9.17, 15) is 0 Å². The number of nitrogens with zero attached hydrogens (tertiary/aromatic N) is 4. The molecular formula is C59H56N4O. The van der Waals surface area contributed by atoms with E-state index in [0.29, 0.717) is 6.67 Å². The summed E-state index contributed by atoms with van der Waals surface area (Å²) < 4.78 is 9.13. The summed E-state index contributed by atoms with van der Waals surface area (Å²) in [6.07, 6.45) is 1.95. The zero-order chi connectivity index (χ0) is 44.4. The van der Waals surface area contributed by atoms with Crippen LogP contribution in [0.15, 0.2) is 182 Å². The van der Waals surface area contributed by atoms with E-state index < -0.39 is 0 Å². The molecule has 0 amide bonds. The Morgan fingerprint density at radius 2 is 1.11 bits per heavy atom. The third-order valence-corrected chi connectivity index (χ3v) is 13.1. The standard InChI is InChI=1S/C59H56N4O/c1-57(2,3)43-26-29-52-51(35-43)50-28-27-49(38-55(50)63(52)56-36-44(30-31-60-56)59(7,8)42-20-13-10-14-21-42)64-48-23-17-22-46(37-48)61-39-62(54-25-16-15-24-53(54)61)47-33-41(40-18-11-9-12-19-40)32-45(34-47)58(4,5)6/h9-38H,39H2,1-8H3. The first-order valence-corrected chi connectivity index (χ1v) is 22.5. The lowest BCUT2D eigenvalue weighted by atomic mass is 9.78. The van der Waals surface area contributed by atoms with Crippen LogP contribution in [0.5, 0.6) is 11.5 Å². The Labute approximate surface area is 378 Å². The van der Waals surface area contributed by atoms with Gasteiger partial charge < -0.3 is 14.5 Å². The van der Waals surface area contributed by atoms with Crippen molar-refractivity contribution in [2.24, 2.45) is 0 Å². The van der Waals surface area contributed by atoms with Gasteiger partial charge in [0.05, 0.1) is 22.4 Å². The third-order valence-electron chi connectivity index (χ3n) is 13.1. The molecule has 2 aromatic heterocycles. The van der Waals surface area contributed by atoms with Crippen LogP contribution in [0.1, 0.15) is 77.6 Å². The molecule has 7 aromatic carbocycles. The van der Waals surface area contributed by atoms with Gasteiger partial charge >= 0.3 is 0 Å². The fourth-order valence-corrected chi connectivity index (χ4v) is 9.23. The number of fused-ring (bicyclic) bond motifs is 4. The van der Waals surface area contributed by atoms with Crippen LogP contribution in [0, 0.1) is 0 Å². The number of benzene rings is 7. The fourth-order valence-electron chi connectivity index (χ4n) is 9.23. The number of pyridine rings is 1. The Morgan fingerprint density at radius 1 is 0.438 bits per heavy atom. The van der Waals surface area contributed by atoms with Crippen molar-refractivity contribution in [2.45, 2.75) is 71.6 Å². The van der Waals surface area contributed by atoms with E-state index in [1.807, 2.05) is 12.3 Å². The minimum absolute atomic E-state index is 0.00298. The Balaban J connectivity index is 1.02. The SMILES string of the molecule is CC(C)(C)c1cc(-c2ccccc2)cc(N2CN(c3cccc(Oc4ccc5c6cc(C(C)(C)C)ccc6n(-c6cc(C(C)(C)c7ccccc7)ccn6)c5c4)c3)c3ccccc32)c1. The predicted molar refractivity (Wildman–Crippen MR) is 269 cm³/mol. The third kappa shape index (κ3) is 7.49. The first-order valence-electron chi connectivity index (χ1n) is 22.5. The minimum Gasteiger partial charge on any atom is -0.457 e. The molecule has 0 atom stereocenters. The van der Waals surface area contributed by atoms with Crippen LogP contribution in [-0.4, -0.2) is 16.2 Å². The van der Waals surface area contributed by atoms with Gasteiger partial charge in [-0.2, -0.15) is 0 Å². The van der Waals surface area contributed by atoms with Crippen molar-refractivity contribution in [1.82, 2.24) is 9.55 Å². The topological polar surface area (TPSA) is 33.5 Å². The number of rotatable bonds is 8. The molecule has 10 rings (SSSR count). The van der Waals surface area contributed by atoms with Crippen LogP contribution < -0.4 is 14.5 Å². The number of ether oxygens (including phenoxy) is 1. The van der Waals surface area contributed by atoms with Gasteiger partial charge in [-0.25, -0.2) is 4.98 Å². The van der Waals surface area contributed by atoms with E-state index >= 15 is 0 Å². The van der Waals surface area contributed by atoms with Crippen LogP contribution in [0.4, 0.5) is 22.7 Å². The molecule has 1 aliphatic rings. The smallest absolute Gasteiger partial charge is 0.137 e. The highest BCUT2D eigenvalue weighted by molar-refractivity contribution is 6.10. The summed E-state index contributed by atoms with van der Waals surface area (Å²) in [4.78, 5) is 9.85. The van der Waals surface area contributed by atoms with Crippen LogP contribution in [0.2, 0.25) is 0 Å². The molecular weight excluding hydrogens is 781 g/mol. The summed E-state index contributed by atoms with van der Waals surface area (Å²) >= 11 is 0. The predicted octanol–water partition coefficient (Wildman–Crippen LogP) is 15.8. The van der Waals surface area contributed by atoms with E-state index in [-0.39, 0.29) is 16.2 Å². The summed E-state index contributed by atoms with van der Waals surface area (Å²) in [5, 5.41) is 2.36. The van der Waals surface area contributed by atoms with Crippen molar-refractivity contribution in [3.05, 3.63) is 204 Å². The number of hydrogen-bond acceptors (Lipinski definition) is 4. The average molecular weight is 837 g/mol. The lowest BCUT2D eigenvalue weighted by molar-refractivity contribution is 0.483. The second-order valence-corrected chi connectivity index (χ2v) is 19.9. The van der Waals surface area contributed by atoms with Crippen LogP contribution in [0.25, 0.3) is 38.8 Å². The molecule has 0 saturated heterocycles. The van der Waals surface area contributed by atoms with Gasteiger partial charge in [0, 0.05) is 45.9 Å². The number of para-hydroxylation sites is 2. The summed E-state index contributed by atoms with van der Waals surface area (Å²) in [5.74, 6) is 2.42. The molecule has 0 N–H and O–H groups in total. The number of hydrogen-bond donors (Lipinski definition) is 0. The fraction of sp³-hybridized carbons (Fsp3) is 0.203. The Morgan fingerprint density at radius 3 is 1.83 bits per heavy atom. The van der Waals surface area contributed by atoms with Gasteiger partial charge in [0.25, 0.3) is 0 Å². The summed E-state index contributed by atoms with van der Waals surface area (Å²) in [7, 11) is 0. The van der Waals surface area contributed by atoms with E-state index in [0.717, 1.165) is 45.1 Å². The van der Waals surface area contributed by atoms with Crippen molar-refractivity contribution < 1.29 is 4.74 Å². The maximum atomic E-state index is 6.83. The zero-order valence-electron chi connectivity index (χ0n) is 38.2. The largest absolute Gasteiger partial charge is 0.457 e. The zero-order valence-corrected chi connectivity index (χ0v) is 38.2. The summed E-state index contributed by atoms with van der Waals surface area (Å²) in [5.41, 5.74) is 14.0. The summed E-state index contributed by atoms with van der Waals surface area (Å²) in [6, 6.07) is 63.4. The molecule has 0 aliphatic carbocycles. The van der Waals surface area contributed by atoms with Gasteiger partial charge in [0.15, 0.2) is 0 Å². The highest BCUT2D eigenvalue weighted by atomic mass is 16.5. The molecule has 9 aromatic rings. The van der Waals surface area contributed by atoms with Crippen molar-refractivity contribution in [1.29, 1.82) is 0 Å². The van der Waals surface area contributed by atoms with E-state index in [4.69, 9.17) is 9.72 Å². The van der Waals surface area contributed by atoms with Gasteiger partial charge in [0.1, 0.15) is 24.0 Å². The highest BCUT2D eigenvalue weighted by Crippen LogP contribution is 2.47. The molecule has 0 unspecified atom stereocenters. The van der Waals surface area contributed by atoms with Crippen LogP contribution in [-0.2, 0) is 16.2 Å². The molecule has 5 heteroatoms. The van der Waals surface area contributed by atoms with Crippen molar-refractivity contribution >= 4 is 44.6 Å². The monoisotopic (exact) mass is 836 g/mol. The normalized spacial score (nSPS) is 13.2. The maximum absolute atomic E-state index is 6.83. The Hall–Kier alpha value is -7.11.